The lowest BCUT2D eigenvalue weighted by Gasteiger charge is -2.28. The number of hydrogen-bond donors (Lipinski definition) is 1. The molecule has 1 aromatic heterocycles. The molecule has 90 valence electrons. The molecule has 0 radical (unpaired) electrons. The summed E-state index contributed by atoms with van der Waals surface area (Å²) in [5.74, 6) is 0. The summed E-state index contributed by atoms with van der Waals surface area (Å²) in [6, 6.07) is 3.50. The molecule has 0 spiro atoms. The molecule has 1 rings (SSSR count). The minimum Gasteiger partial charge on any atom is -0.329 e. The summed E-state index contributed by atoms with van der Waals surface area (Å²) in [6.45, 7) is -0.324. The SMILES string of the molecule is CN(Cc1ccccn1)C(CN)C(F)(F)F. The Kier molecular flexibility index (Phi) is 4.26. The highest BCUT2D eigenvalue weighted by Crippen LogP contribution is 2.24. The van der Waals surface area contributed by atoms with E-state index in [1.165, 1.54) is 7.05 Å². The van der Waals surface area contributed by atoms with E-state index < -0.39 is 18.8 Å². The molecule has 0 saturated carbocycles. The Labute approximate surface area is 92.1 Å². The van der Waals surface area contributed by atoms with Gasteiger partial charge in [0.25, 0.3) is 0 Å². The van der Waals surface area contributed by atoms with E-state index >= 15 is 0 Å². The first-order valence-electron chi connectivity index (χ1n) is 4.82. The standard InChI is InChI=1S/C10H14F3N3/c1-16(9(6-14)10(11,12)13)7-8-4-2-3-5-15-8/h2-5,9H,6-7,14H2,1H3. The summed E-state index contributed by atoms with van der Waals surface area (Å²) in [6.07, 6.45) is -2.76. The van der Waals surface area contributed by atoms with Crippen molar-refractivity contribution in [1.82, 2.24) is 9.88 Å². The second kappa shape index (κ2) is 5.27. The summed E-state index contributed by atoms with van der Waals surface area (Å²) < 4.78 is 37.6. The first-order valence-corrected chi connectivity index (χ1v) is 4.82. The monoisotopic (exact) mass is 233 g/mol. The molecule has 0 fully saturated rings. The summed E-state index contributed by atoms with van der Waals surface area (Å²) in [5, 5.41) is 0. The number of pyridine rings is 1. The zero-order valence-corrected chi connectivity index (χ0v) is 8.91. The van der Waals surface area contributed by atoms with Crippen LogP contribution in [0.5, 0.6) is 0 Å². The summed E-state index contributed by atoms with van der Waals surface area (Å²) in [7, 11) is 1.39. The molecule has 1 atom stereocenters. The minimum atomic E-state index is -4.31. The van der Waals surface area contributed by atoms with Crippen molar-refractivity contribution in [2.45, 2.75) is 18.8 Å². The molecule has 1 aromatic rings. The Hall–Kier alpha value is -1.14. The van der Waals surface area contributed by atoms with Gasteiger partial charge < -0.3 is 5.73 Å². The number of nitrogens with zero attached hydrogens (tertiary/aromatic N) is 2. The fraction of sp³-hybridized carbons (Fsp3) is 0.500. The molecular formula is C10H14F3N3. The normalized spacial score (nSPS) is 14.1. The smallest absolute Gasteiger partial charge is 0.329 e. The van der Waals surface area contributed by atoms with Crippen molar-refractivity contribution in [2.75, 3.05) is 13.6 Å². The van der Waals surface area contributed by atoms with Crippen molar-refractivity contribution in [3.05, 3.63) is 30.1 Å². The molecule has 2 N–H and O–H groups in total. The highest BCUT2D eigenvalue weighted by atomic mass is 19.4. The fourth-order valence-electron chi connectivity index (χ4n) is 1.42. The van der Waals surface area contributed by atoms with Crippen LogP contribution < -0.4 is 5.73 Å². The van der Waals surface area contributed by atoms with Gasteiger partial charge in [-0.1, -0.05) is 6.07 Å². The van der Waals surface area contributed by atoms with E-state index in [-0.39, 0.29) is 6.54 Å². The molecular weight excluding hydrogens is 219 g/mol. The number of halogens is 3. The first kappa shape index (κ1) is 12.9. The number of aromatic nitrogens is 1. The van der Waals surface area contributed by atoms with Crippen LogP contribution in [0.4, 0.5) is 13.2 Å². The lowest BCUT2D eigenvalue weighted by atomic mass is 10.2. The maximum Gasteiger partial charge on any atom is 0.405 e. The van der Waals surface area contributed by atoms with Crippen LogP contribution in [0, 0.1) is 0 Å². The second-order valence-corrected chi connectivity index (χ2v) is 3.53. The highest BCUT2D eigenvalue weighted by molar-refractivity contribution is 5.03. The summed E-state index contributed by atoms with van der Waals surface area (Å²) >= 11 is 0. The molecule has 0 bridgehead atoms. The third-order valence-electron chi connectivity index (χ3n) is 2.27. The van der Waals surface area contributed by atoms with Gasteiger partial charge in [-0.25, -0.2) is 0 Å². The molecule has 1 heterocycles. The number of hydrogen-bond acceptors (Lipinski definition) is 3. The molecule has 0 aliphatic heterocycles. The van der Waals surface area contributed by atoms with E-state index in [1.54, 1.807) is 24.4 Å². The van der Waals surface area contributed by atoms with Crippen LogP contribution >= 0.6 is 0 Å². The molecule has 6 heteroatoms. The molecule has 16 heavy (non-hydrogen) atoms. The van der Waals surface area contributed by atoms with E-state index in [1.807, 2.05) is 0 Å². The number of rotatable bonds is 4. The van der Waals surface area contributed by atoms with E-state index in [2.05, 4.69) is 4.98 Å². The van der Waals surface area contributed by atoms with Gasteiger partial charge in [-0.05, 0) is 19.2 Å². The van der Waals surface area contributed by atoms with Crippen molar-refractivity contribution in [2.24, 2.45) is 5.73 Å². The summed E-state index contributed by atoms with van der Waals surface area (Å²) in [4.78, 5) is 5.12. The van der Waals surface area contributed by atoms with Crippen LogP contribution in [0.3, 0.4) is 0 Å². The average Bonchev–Trinajstić information content (AvgIpc) is 2.17. The average molecular weight is 233 g/mol. The van der Waals surface area contributed by atoms with E-state index in [0.29, 0.717) is 5.69 Å². The Morgan fingerprint density at radius 3 is 2.56 bits per heavy atom. The maximum absolute atomic E-state index is 12.5. The van der Waals surface area contributed by atoms with Gasteiger partial charge in [0.2, 0.25) is 0 Å². The predicted octanol–water partition coefficient (Wildman–Crippen LogP) is 1.40. The van der Waals surface area contributed by atoms with Crippen molar-refractivity contribution in [3.63, 3.8) is 0 Å². The Balaban J connectivity index is 2.67. The lowest BCUT2D eigenvalue weighted by molar-refractivity contribution is -0.178. The van der Waals surface area contributed by atoms with Crippen molar-refractivity contribution < 1.29 is 13.2 Å². The molecule has 0 aliphatic rings. The van der Waals surface area contributed by atoms with Crippen LogP contribution in [-0.4, -0.2) is 35.7 Å². The van der Waals surface area contributed by atoms with Crippen molar-refractivity contribution >= 4 is 0 Å². The fourth-order valence-corrected chi connectivity index (χ4v) is 1.42. The van der Waals surface area contributed by atoms with Gasteiger partial charge in [0.05, 0.1) is 5.69 Å². The molecule has 0 aliphatic carbocycles. The van der Waals surface area contributed by atoms with Gasteiger partial charge in [0.1, 0.15) is 6.04 Å². The third-order valence-corrected chi connectivity index (χ3v) is 2.27. The molecule has 0 aromatic carbocycles. The van der Waals surface area contributed by atoms with Crippen molar-refractivity contribution in [1.29, 1.82) is 0 Å². The van der Waals surface area contributed by atoms with Crippen LogP contribution in [0.2, 0.25) is 0 Å². The molecule has 0 amide bonds. The number of likely N-dealkylation sites (N-methyl/N-ethyl adjacent to an activating group) is 1. The van der Waals surface area contributed by atoms with Crippen LogP contribution in [0.15, 0.2) is 24.4 Å². The lowest BCUT2D eigenvalue weighted by Crippen LogP contribution is -2.48. The highest BCUT2D eigenvalue weighted by Gasteiger charge is 2.41. The first-order chi connectivity index (χ1) is 7.45. The van der Waals surface area contributed by atoms with Crippen LogP contribution in [-0.2, 0) is 6.54 Å². The zero-order valence-electron chi connectivity index (χ0n) is 8.91. The Bertz CT molecular complexity index is 313. The molecule has 1 unspecified atom stereocenters. The third kappa shape index (κ3) is 3.46. The Morgan fingerprint density at radius 1 is 1.44 bits per heavy atom. The number of nitrogens with two attached hydrogens (primary N) is 1. The zero-order chi connectivity index (χ0) is 12.2. The van der Waals surface area contributed by atoms with E-state index in [4.69, 9.17) is 5.73 Å². The van der Waals surface area contributed by atoms with Crippen LogP contribution in [0.25, 0.3) is 0 Å². The van der Waals surface area contributed by atoms with E-state index in [0.717, 1.165) is 4.90 Å². The summed E-state index contributed by atoms with van der Waals surface area (Å²) in [5.41, 5.74) is 5.72. The molecule has 0 saturated heterocycles. The second-order valence-electron chi connectivity index (χ2n) is 3.53. The van der Waals surface area contributed by atoms with Crippen molar-refractivity contribution in [3.8, 4) is 0 Å². The minimum absolute atomic E-state index is 0.127. The van der Waals surface area contributed by atoms with Gasteiger partial charge >= 0.3 is 6.18 Å². The van der Waals surface area contributed by atoms with Gasteiger partial charge in [-0.3, -0.25) is 9.88 Å². The van der Waals surface area contributed by atoms with E-state index in [9.17, 15) is 13.2 Å². The topological polar surface area (TPSA) is 42.2 Å². The molecule has 3 nitrogen and oxygen atoms in total. The van der Waals surface area contributed by atoms with Crippen LogP contribution in [0.1, 0.15) is 5.69 Å². The predicted molar refractivity (Wildman–Crippen MR) is 54.6 cm³/mol. The Morgan fingerprint density at radius 2 is 2.12 bits per heavy atom. The largest absolute Gasteiger partial charge is 0.405 e. The van der Waals surface area contributed by atoms with Gasteiger partial charge in [0, 0.05) is 19.3 Å². The van der Waals surface area contributed by atoms with Gasteiger partial charge in [-0.15, -0.1) is 0 Å². The maximum atomic E-state index is 12.5. The van der Waals surface area contributed by atoms with Gasteiger partial charge in [0.15, 0.2) is 0 Å². The quantitative estimate of drug-likeness (QED) is 0.854. The van der Waals surface area contributed by atoms with Gasteiger partial charge in [-0.2, -0.15) is 13.2 Å². The number of alkyl halides is 3.